The number of amides is 2. The zero-order valence-electron chi connectivity index (χ0n) is 10.1. The van der Waals surface area contributed by atoms with Gasteiger partial charge in [-0.3, -0.25) is 9.59 Å². The second-order valence-electron chi connectivity index (χ2n) is 3.93. The molecule has 6 heteroatoms. The van der Waals surface area contributed by atoms with Crippen molar-refractivity contribution in [2.45, 2.75) is 6.92 Å². The number of carbonyl (C=O) groups excluding carboxylic acids is 2. The Hall–Kier alpha value is -1.66. The highest BCUT2D eigenvalue weighted by molar-refractivity contribution is 9.10. The van der Waals surface area contributed by atoms with Crippen molar-refractivity contribution in [1.29, 1.82) is 0 Å². The zero-order chi connectivity index (χ0) is 14.0. The van der Waals surface area contributed by atoms with Gasteiger partial charge in [-0.15, -0.1) is 11.3 Å². The van der Waals surface area contributed by atoms with Gasteiger partial charge in [-0.1, -0.05) is 15.9 Å². The Morgan fingerprint density at radius 3 is 2.47 bits per heavy atom. The normalized spacial score (nSPS) is 10.2. The van der Waals surface area contributed by atoms with Crippen molar-refractivity contribution >= 4 is 44.1 Å². The van der Waals surface area contributed by atoms with Crippen molar-refractivity contribution in [3.8, 4) is 0 Å². The summed E-state index contributed by atoms with van der Waals surface area (Å²) in [5.74, 6) is -0.813. The van der Waals surface area contributed by atoms with Crippen LogP contribution in [0.5, 0.6) is 0 Å². The van der Waals surface area contributed by atoms with E-state index in [0.29, 0.717) is 16.1 Å². The SMILES string of the molecule is Cc1cc(C(N)=O)c(NC(=O)c2ccc(Br)cc2)s1. The molecule has 4 nitrogen and oxygen atoms in total. The molecule has 0 saturated heterocycles. The van der Waals surface area contributed by atoms with Gasteiger partial charge in [0.05, 0.1) is 5.56 Å². The molecule has 1 heterocycles. The highest BCUT2D eigenvalue weighted by Gasteiger charge is 2.15. The van der Waals surface area contributed by atoms with Crippen LogP contribution in [0, 0.1) is 6.92 Å². The summed E-state index contributed by atoms with van der Waals surface area (Å²) < 4.78 is 0.897. The summed E-state index contributed by atoms with van der Waals surface area (Å²) in [5.41, 5.74) is 6.13. The molecule has 2 amide bonds. The van der Waals surface area contributed by atoms with Crippen LogP contribution in [0.4, 0.5) is 5.00 Å². The Bertz CT molecular complexity index is 635. The van der Waals surface area contributed by atoms with E-state index in [-0.39, 0.29) is 5.91 Å². The molecule has 0 fully saturated rings. The predicted octanol–water partition coefficient (Wildman–Crippen LogP) is 3.17. The Labute approximate surface area is 122 Å². The number of thiophene rings is 1. The number of aryl methyl sites for hydroxylation is 1. The standard InChI is InChI=1S/C13H11BrN2O2S/c1-7-6-10(11(15)17)13(19-7)16-12(18)8-2-4-9(14)5-3-8/h2-6H,1H3,(H2,15,17)(H,16,18). The van der Waals surface area contributed by atoms with Gasteiger partial charge in [0.15, 0.2) is 0 Å². The number of halogens is 1. The van der Waals surface area contributed by atoms with Crippen molar-refractivity contribution < 1.29 is 9.59 Å². The van der Waals surface area contributed by atoms with Crippen molar-refractivity contribution in [1.82, 2.24) is 0 Å². The topological polar surface area (TPSA) is 72.2 Å². The van der Waals surface area contributed by atoms with Gasteiger partial charge < -0.3 is 11.1 Å². The number of hydrogen-bond donors (Lipinski definition) is 2. The maximum Gasteiger partial charge on any atom is 0.256 e. The molecule has 2 aromatic rings. The fraction of sp³-hybridized carbons (Fsp3) is 0.0769. The van der Waals surface area contributed by atoms with Crippen molar-refractivity contribution in [3.63, 3.8) is 0 Å². The molecule has 0 atom stereocenters. The molecular weight excluding hydrogens is 328 g/mol. The van der Waals surface area contributed by atoms with E-state index in [4.69, 9.17) is 5.73 Å². The molecule has 2 rings (SSSR count). The maximum atomic E-state index is 12.0. The number of nitrogens with one attached hydrogen (secondary N) is 1. The number of primary amides is 1. The summed E-state index contributed by atoms with van der Waals surface area (Å²) >= 11 is 4.63. The summed E-state index contributed by atoms with van der Waals surface area (Å²) in [4.78, 5) is 24.2. The molecule has 98 valence electrons. The van der Waals surface area contributed by atoms with Gasteiger partial charge in [-0.25, -0.2) is 0 Å². The Morgan fingerprint density at radius 2 is 1.89 bits per heavy atom. The van der Waals surface area contributed by atoms with Crippen molar-refractivity contribution in [2.75, 3.05) is 5.32 Å². The Morgan fingerprint density at radius 1 is 1.26 bits per heavy atom. The summed E-state index contributed by atoms with van der Waals surface area (Å²) in [5, 5.41) is 3.20. The fourth-order valence-electron chi connectivity index (χ4n) is 1.57. The first-order valence-electron chi connectivity index (χ1n) is 5.44. The smallest absolute Gasteiger partial charge is 0.256 e. The summed E-state index contributed by atoms with van der Waals surface area (Å²) in [6.45, 7) is 1.85. The van der Waals surface area contributed by atoms with Gasteiger partial charge in [-0.05, 0) is 37.3 Å². The molecule has 1 aromatic carbocycles. The lowest BCUT2D eigenvalue weighted by Gasteiger charge is -2.04. The molecule has 0 bridgehead atoms. The minimum absolute atomic E-state index is 0.267. The molecule has 0 unspecified atom stereocenters. The molecular formula is C13H11BrN2O2S. The molecule has 1 aromatic heterocycles. The maximum absolute atomic E-state index is 12.0. The quantitative estimate of drug-likeness (QED) is 0.902. The molecule has 19 heavy (non-hydrogen) atoms. The van der Waals surface area contributed by atoms with Crippen LogP contribution in [0.25, 0.3) is 0 Å². The largest absolute Gasteiger partial charge is 0.366 e. The van der Waals surface area contributed by atoms with Crippen molar-refractivity contribution in [3.05, 3.63) is 50.8 Å². The molecule has 0 aliphatic carbocycles. The molecule has 3 N–H and O–H groups in total. The van der Waals surface area contributed by atoms with E-state index >= 15 is 0 Å². The summed E-state index contributed by atoms with van der Waals surface area (Å²) in [7, 11) is 0. The van der Waals surface area contributed by atoms with Gasteiger partial charge in [-0.2, -0.15) is 0 Å². The number of anilines is 1. The number of benzene rings is 1. The van der Waals surface area contributed by atoms with Crippen LogP contribution in [-0.2, 0) is 0 Å². The number of rotatable bonds is 3. The van der Waals surface area contributed by atoms with E-state index in [0.717, 1.165) is 9.35 Å². The second kappa shape index (κ2) is 5.54. The van der Waals surface area contributed by atoms with Gasteiger partial charge in [0.1, 0.15) is 5.00 Å². The van der Waals surface area contributed by atoms with E-state index in [1.165, 1.54) is 11.3 Å². The lowest BCUT2D eigenvalue weighted by Crippen LogP contribution is -2.16. The van der Waals surface area contributed by atoms with E-state index < -0.39 is 5.91 Å². The second-order valence-corrected chi connectivity index (χ2v) is 6.10. The summed E-state index contributed by atoms with van der Waals surface area (Å²) in [6, 6.07) is 8.63. The minimum Gasteiger partial charge on any atom is -0.366 e. The molecule has 0 radical (unpaired) electrons. The Balaban J connectivity index is 2.24. The molecule has 0 spiro atoms. The Kier molecular flexibility index (Phi) is 4.01. The van der Waals surface area contributed by atoms with Crippen LogP contribution < -0.4 is 11.1 Å². The first-order chi connectivity index (χ1) is 8.97. The zero-order valence-corrected chi connectivity index (χ0v) is 12.5. The van der Waals surface area contributed by atoms with E-state index in [1.54, 1.807) is 30.3 Å². The molecule has 0 saturated carbocycles. The number of nitrogens with two attached hydrogens (primary N) is 1. The number of hydrogen-bond acceptors (Lipinski definition) is 3. The van der Waals surface area contributed by atoms with Crippen LogP contribution in [0.2, 0.25) is 0 Å². The monoisotopic (exact) mass is 338 g/mol. The molecule has 0 aliphatic heterocycles. The van der Waals surface area contributed by atoms with Crippen molar-refractivity contribution in [2.24, 2.45) is 5.73 Å². The van der Waals surface area contributed by atoms with Crippen LogP contribution in [0.1, 0.15) is 25.6 Å². The predicted molar refractivity (Wildman–Crippen MR) is 79.7 cm³/mol. The van der Waals surface area contributed by atoms with Crippen LogP contribution in [0.15, 0.2) is 34.8 Å². The van der Waals surface area contributed by atoms with Gasteiger partial charge >= 0.3 is 0 Å². The van der Waals surface area contributed by atoms with Gasteiger partial charge in [0.2, 0.25) is 0 Å². The van der Waals surface area contributed by atoms with Gasteiger partial charge in [0, 0.05) is 14.9 Å². The van der Waals surface area contributed by atoms with E-state index in [9.17, 15) is 9.59 Å². The third-order valence-electron chi connectivity index (χ3n) is 2.45. The first kappa shape index (κ1) is 13.8. The highest BCUT2D eigenvalue weighted by Crippen LogP contribution is 2.27. The number of carbonyl (C=O) groups is 2. The van der Waals surface area contributed by atoms with Crippen LogP contribution >= 0.6 is 27.3 Å². The third kappa shape index (κ3) is 3.21. The first-order valence-corrected chi connectivity index (χ1v) is 7.05. The lowest BCUT2D eigenvalue weighted by molar-refractivity contribution is 0.100. The van der Waals surface area contributed by atoms with E-state index in [2.05, 4.69) is 21.2 Å². The van der Waals surface area contributed by atoms with Crippen LogP contribution in [-0.4, -0.2) is 11.8 Å². The van der Waals surface area contributed by atoms with Crippen LogP contribution in [0.3, 0.4) is 0 Å². The fourth-order valence-corrected chi connectivity index (χ4v) is 2.74. The van der Waals surface area contributed by atoms with Gasteiger partial charge in [0.25, 0.3) is 11.8 Å². The summed E-state index contributed by atoms with van der Waals surface area (Å²) in [6.07, 6.45) is 0. The highest BCUT2D eigenvalue weighted by atomic mass is 79.9. The lowest BCUT2D eigenvalue weighted by atomic mass is 10.2. The minimum atomic E-state index is -0.546. The third-order valence-corrected chi connectivity index (χ3v) is 3.95. The average molecular weight is 339 g/mol. The van der Waals surface area contributed by atoms with E-state index in [1.807, 2.05) is 6.92 Å². The average Bonchev–Trinajstić information content (AvgIpc) is 2.71. The molecule has 0 aliphatic rings.